The Morgan fingerprint density at radius 3 is 2.50 bits per heavy atom. The van der Waals surface area contributed by atoms with Gasteiger partial charge in [0.2, 0.25) is 5.91 Å². The Hall–Kier alpha value is -1.21. The molecule has 0 aliphatic carbocycles. The molecule has 0 aliphatic rings. The first-order chi connectivity index (χ1) is 9.40. The van der Waals surface area contributed by atoms with Crippen LogP contribution in [0, 0.1) is 0 Å². The van der Waals surface area contributed by atoms with Crippen LogP contribution in [0.1, 0.15) is 5.56 Å². The average Bonchev–Trinajstić information content (AvgIpc) is 2.37. The third-order valence-electron chi connectivity index (χ3n) is 2.41. The Morgan fingerprint density at radius 1 is 1.30 bits per heavy atom. The number of aliphatic hydroxyl groups is 1. The summed E-state index contributed by atoms with van der Waals surface area (Å²) >= 11 is 0.508. The summed E-state index contributed by atoms with van der Waals surface area (Å²) in [7, 11) is 0. The normalized spacial score (nSPS) is 13.0. The van der Waals surface area contributed by atoms with Crippen molar-refractivity contribution >= 4 is 17.7 Å². The van der Waals surface area contributed by atoms with E-state index in [2.05, 4.69) is 5.32 Å². The zero-order valence-corrected chi connectivity index (χ0v) is 11.5. The number of hydrogen-bond donors (Lipinski definition) is 2. The van der Waals surface area contributed by atoms with E-state index in [9.17, 15) is 23.1 Å². The van der Waals surface area contributed by atoms with Crippen LogP contribution in [0.5, 0.6) is 0 Å². The van der Waals surface area contributed by atoms with Crippen LogP contribution in [0.3, 0.4) is 0 Å². The lowest BCUT2D eigenvalue weighted by Crippen LogP contribution is -2.40. The molecule has 0 bridgehead atoms. The molecule has 3 nitrogen and oxygen atoms in total. The molecule has 0 aromatic heterocycles. The van der Waals surface area contributed by atoms with Gasteiger partial charge in [0.05, 0.1) is 24.2 Å². The fourth-order valence-corrected chi connectivity index (χ4v) is 2.19. The van der Waals surface area contributed by atoms with Crippen molar-refractivity contribution < 1.29 is 23.1 Å². The number of nitrogens with one attached hydrogen (secondary N) is 1. The summed E-state index contributed by atoms with van der Waals surface area (Å²) in [4.78, 5) is 11.5. The Bertz CT molecular complexity index is 412. The van der Waals surface area contributed by atoms with Gasteiger partial charge in [0, 0.05) is 0 Å². The van der Waals surface area contributed by atoms with Gasteiger partial charge in [0.1, 0.15) is 0 Å². The second-order valence-corrected chi connectivity index (χ2v) is 5.23. The highest BCUT2D eigenvalue weighted by Gasteiger charge is 2.27. The number of carbonyl (C=O) groups is 1. The van der Waals surface area contributed by atoms with Gasteiger partial charge in [-0.15, -0.1) is 11.8 Å². The molecule has 1 amide bonds. The molecule has 0 saturated heterocycles. The maximum Gasteiger partial charge on any atom is 0.397 e. The van der Waals surface area contributed by atoms with E-state index in [0.29, 0.717) is 18.2 Å². The third-order valence-corrected chi connectivity index (χ3v) is 3.41. The summed E-state index contributed by atoms with van der Waals surface area (Å²) in [6.07, 6.45) is -3.83. The third kappa shape index (κ3) is 7.40. The van der Waals surface area contributed by atoms with E-state index in [1.165, 1.54) is 0 Å². The fourth-order valence-electron chi connectivity index (χ4n) is 1.59. The SMILES string of the molecule is O=C(CSCC(F)(F)F)NC(CO)Cc1ccccc1. The summed E-state index contributed by atoms with van der Waals surface area (Å²) in [6, 6.07) is 8.75. The number of carbonyl (C=O) groups excluding carboxylic acids is 1. The van der Waals surface area contributed by atoms with Crippen LogP contribution < -0.4 is 5.32 Å². The second kappa shape index (κ2) is 8.16. The molecule has 20 heavy (non-hydrogen) atoms. The van der Waals surface area contributed by atoms with Crippen LogP contribution in [0.2, 0.25) is 0 Å². The molecule has 0 fully saturated rings. The molecule has 1 unspecified atom stereocenters. The highest BCUT2D eigenvalue weighted by molar-refractivity contribution is 8.00. The Kier molecular flexibility index (Phi) is 6.87. The Morgan fingerprint density at radius 2 is 1.95 bits per heavy atom. The van der Waals surface area contributed by atoms with Crippen LogP contribution >= 0.6 is 11.8 Å². The summed E-state index contributed by atoms with van der Waals surface area (Å²) in [5, 5.41) is 11.7. The summed E-state index contributed by atoms with van der Waals surface area (Å²) in [5.41, 5.74) is 0.940. The van der Waals surface area contributed by atoms with E-state index in [4.69, 9.17) is 0 Å². The van der Waals surface area contributed by atoms with Crippen molar-refractivity contribution in [3.8, 4) is 0 Å². The number of halogens is 3. The molecule has 0 heterocycles. The van der Waals surface area contributed by atoms with E-state index in [1.54, 1.807) is 0 Å². The molecule has 1 aromatic carbocycles. The molecule has 0 radical (unpaired) electrons. The van der Waals surface area contributed by atoms with Gasteiger partial charge in [-0.1, -0.05) is 30.3 Å². The predicted octanol–water partition coefficient (Wildman–Crippen LogP) is 2.00. The van der Waals surface area contributed by atoms with Gasteiger partial charge in [-0.05, 0) is 12.0 Å². The van der Waals surface area contributed by atoms with Crippen molar-refractivity contribution in [1.82, 2.24) is 5.32 Å². The lowest BCUT2D eigenvalue weighted by molar-refractivity contribution is -0.119. The van der Waals surface area contributed by atoms with Crippen LogP contribution in [-0.4, -0.2) is 41.3 Å². The number of thioether (sulfide) groups is 1. The number of alkyl halides is 3. The van der Waals surface area contributed by atoms with Gasteiger partial charge in [-0.25, -0.2) is 0 Å². The number of benzene rings is 1. The van der Waals surface area contributed by atoms with Crippen molar-refractivity contribution in [3.05, 3.63) is 35.9 Å². The maximum atomic E-state index is 11.9. The molecule has 1 atom stereocenters. The molecule has 0 saturated carbocycles. The molecule has 7 heteroatoms. The van der Waals surface area contributed by atoms with Gasteiger partial charge >= 0.3 is 6.18 Å². The second-order valence-electron chi connectivity index (χ2n) is 4.24. The summed E-state index contributed by atoms with van der Waals surface area (Å²) in [6.45, 7) is -0.259. The number of amides is 1. The van der Waals surface area contributed by atoms with Gasteiger partial charge in [-0.3, -0.25) is 4.79 Å². The minimum atomic E-state index is -4.27. The van der Waals surface area contributed by atoms with E-state index in [-0.39, 0.29) is 12.4 Å². The topological polar surface area (TPSA) is 49.3 Å². The number of aliphatic hydroxyl groups excluding tert-OH is 1. The molecule has 112 valence electrons. The van der Waals surface area contributed by atoms with E-state index >= 15 is 0 Å². The first-order valence-corrected chi connectivity index (χ1v) is 7.15. The van der Waals surface area contributed by atoms with Crippen molar-refractivity contribution in [2.75, 3.05) is 18.1 Å². The lowest BCUT2D eigenvalue weighted by atomic mass is 10.1. The van der Waals surface area contributed by atoms with Crippen LogP contribution in [-0.2, 0) is 11.2 Å². The van der Waals surface area contributed by atoms with Gasteiger partial charge in [0.25, 0.3) is 0 Å². The van der Waals surface area contributed by atoms with Crippen molar-refractivity contribution in [3.63, 3.8) is 0 Å². The van der Waals surface area contributed by atoms with Gasteiger partial charge < -0.3 is 10.4 Å². The van der Waals surface area contributed by atoms with E-state index in [0.717, 1.165) is 5.56 Å². The smallest absolute Gasteiger partial charge is 0.394 e. The predicted molar refractivity (Wildman–Crippen MR) is 72.5 cm³/mol. The standard InChI is InChI=1S/C13H16F3NO2S/c14-13(15,16)9-20-8-12(19)17-11(7-18)6-10-4-2-1-3-5-10/h1-5,11,18H,6-9H2,(H,17,19). The quantitative estimate of drug-likeness (QED) is 0.810. The zero-order chi connectivity index (χ0) is 15.0. The summed E-state index contributed by atoms with van der Waals surface area (Å²) in [5.74, 6) is -1.83. The van der Waals surface area contributed by atoms with E-state index in [1.807, 2.05) is 30.3 Å². The minimum absolute atomic E-state index is 0.259. The molecule has 1 rings (SSSR count). The monoisotopic (exact) mass is 307 g/mol. The number of rotatable bonds is 7. The fraction of sp³-hybridized carbons (Fsp3) is 0.462. The maximum absolute atomic E-state index is 11.9. The first kappa shape index (κ1) is 16.8. The highest BCUT2D eigenvalue weighted by Crippen LogP contribution is 2.20. The lowest BCUT2D eigenvalue weighted by Gasteiger charge is -2.16. The van der Waals surface area contributed by atoms with Gasteiger partial charge in [0.15, 0.2) is 0 Å². The van der Waals surface area contributed by atoms with Crippen molar-refractivity contribution in [1.29, 1.82) is 0 Å². The first-order valence-electron chi connectivity index (χ1n) is 5.99. The average molecular weight is 307 g/mol. The molecular formula is C13H16F3NO2S. The molecule has 0 aliphatic heterocycles. The number of hydrogen-bond acceptors (Lipinski definition) is 3. The van der Waals surface area contributed by atoms with Crippen LogP contribution in [0.4, 0.5) is 13.2 Å². The Balaban J connectivity index is 2.34. The molecule has 0 spiro atoms. The highest BCUT2D eigenvalue weighted by atomic mass is 32.2. The van der Waals surface area contributed by atoms with Gasteiger partial charge in [-0.2, -0.15) is 13.2 Å². The zero-order valence-electron chi connectivity index (χ0n) is 10.7. The molecule has 1 aromatic rings. The minimum Gasteiger partial charge on any atom is -0.394 e. The molecular weight excluding hydrogens is 291 g/mol. The van der Waals surface area contributed by atoms with Crippen LogP contribution in [0.25, 0.3) is 0 Å². The molecule has 2 N–H and O–H groups in total. The summed E-state index contributed by atoms with van der Waals surface area (Å²) < 4.78 is 35.8. The van der Waals surface area contributed by atoms with Crippen molar-refractivity contribution in [2.24, 2.45) is 0 Å². The van der Waals surface area contributed by atoms with Crippen LogP contribution in [0.15, 0.2) is 30.3 Å². The Labute approximate surface area is 119 Å². The largest absolute Gasteiger partial charge is 0.397 e. The van der Waals surface area contributed by atoms with E-state index < -0.39 is 23.9 Å². The van der Waals surface area contributed by atoms with Crippen molar-refractivity contribution in [2.45, 2.75) is 18.6 Å².